The van der Waals surface area contributed by atoms with Gasteiger partial charge in [-0.05, 0) is 36.4 Å². The molecular formula is C24H17BrN4O2S. The lowest BCUT2D eigenvalue weighted by atomic mass is 10.1. The number of fused-ring (bicyclic) bond motifs is 1. The number of nitrogens with one attached hydrogen (secondary N) is 1. The minimum atomic E-state index is -0.167. The Morgan fingerprint density at radius 3 is 2.72 bits per heavy atom. The van der Waals surface area contributed by atoms with Crippen molar-refractivity contribution in [1.82, 2.24) is 4.68 Å². The van der Waals surface area contributed by atoms with Crippen LogP contribution in [0.15, 0.2) is 92.7 Å². The fourth-order valence-corrected chi connectivity index (χ4v) is 4.49. The quantitative estimate of drug-likeness (QED) is 0.376. The number of aromatic nitrogens is 1. The van der Waals surface area contributed by atoms with Crippen LogP contribution in [0.25, 0.3) is 11.3 Å². The van der Waals surface area contributed by atoms with Crippen LogP contribution in [0.1, 0.15) is 5.56 Å². The Morgan fingerprint density at radius 1 is 1.06 bits per heavy atom. The minimum Gasteiger partial charge on any atom is -0.482 e. The van der Waals surface area contributed by atoms with E-state index in [9.17, 15) is 4.79 Å². The SMILES string of the molecule is O=C1COc2ccc(-c3csc(=Nc4ccccc4)n3N=Cc3ccccc3Br)cc2N1. The van der Waals surface area contributed by atoms with Gasteiger partial charge in [0.05, 0.1) is 23.3 Å². The third-order valence-electron chi connectivity index (χ3n) is 4.79. The van der Waals surface area contributed by atoms with Crippen LogP contribution in [0.4, 0.5) is 11.4 Å². The summed E-state index contributed by atoms with van der Waals surface area (Å²) < 4.78 is 8.25. The lowest BCUT2D eigenvalue weighted by molar-refractivity contribution is -0.118. The molecule has 1 amide bonds. The number of thiazole rings is 1. The zero-order valence-electron chi connectivity index (χ0n) is 16.7. The highest BCUT2D eigenvalue weighted by Gasteiger charge is 2.18. The smallest absolute Gasteiger partial charge is 0.262 e. The number of carbonyl (C=O) groups is 1. The molecule has 1 aliphatic heterocycles. The summed E-state index contributed by atoms with van der Waals surface area (Å²) in [5.41, 5.74) is 4.19. The molecule has 0 unspecified atom stereocenters. The van der Waals surface area contributed by atoms with Gasteiger partial charge in [-0.15, -0.1) is 11.3 Å². The molecule has 0 radical (unpaired) electrons. The second-order valence-corrected chi connectivity index (χ2v) is 8.67. The number of ether oxygens (including phenoxy) is 1. The molecule has 2 heterocycles. The molecule has 0 spiro atoms. The van der Waals surface area contributed by atoms with Crippen molar-refractivity contribution in [3.05, 3.63) is 93.0 Å². The van der Waals surface area contributed by atoms with Crippen molar-refractivity contribution < 1.29 is 9.53 Å². The van der Waals surface area contributed by atoms with Crippen molar-refractivity contribution in [2.24, 2.45) is 10.1 Å². The topological polar surface area (TPSA) is 68.0 Å². The van der Waals surface area contributed by atoms with Gasteiger partial charge in [-0.2, -0.15) is 5.10 Å². The van der Waals surface area contributed by atoms with Crippen LogP contribution in [0.2, 0.25) is 0 Å². The maximum absolute atomic E-state index is 11.8. The molecule has 6 nitrogen and oxygen atoms in total. The number of halogens is 1. The average molecular weight is 505 g/mol. The summed E-state index contributed by atoms with van der Waals surface area (Å²) >= 11 is 5.06. The van der Waals surface area contributed by atoms with E-state index in [0.717, 1.165) is 31.8 Å². The van der Waals surface area contributed by atoms with Crippen LogP contribution < -0.4 is 14.9 Å². The van der Waals surface area contributed by atoms with Gasteiger partial charge in [-0.25, -0.2) is 9.67 Å². The van der Waals surface area contributed by atoms with E-state index < -0.39 is 0 Å². The molecule has 3 aromatic carbocycles. The number of amides is 1. The molecule has 0 saturated carbocycles. The molecule has 0 atom stereocenters. The van der Waals surface area contributed by atoms with Gasteiger partial charge >= 0.3 is 0 Å². The predicted molar refractivity (Wildman–Crippen MR) is 131 cm³/mol. The summed E-state index contributed by atoms with van der Waals surface area (Å²) in [4.78, 5) is 17.3. The van der Waals surface area contributed by atoms with Crippen LogP contribution in [-0.4, -0.2) is 23.4 Å². The van der Waals surface area contributed by atoms with Gasteiger partial charge in [-0.1, -0.05) is 52.3 Å². The van der Waals surface area contributed by atoms with E-state index in [-0.39, 0.29) is 12.5 Å². The van der Waals surface area contributed by atoms with E-state index in [1.165, 1.54) is 11.3 Å². The number of anilines is 1. The number of hydrogen-bond acceptors (Lipinski definition) is 5. The van der Waals surface area contributed by atoms with E-state index in [0.29, 0.717) is 11.4 Å². The largest absolute Gasteiger partial charge is 0.482 e. The summed E-state index contributed by atoms with van der Waals surface area (Å²) in [5.74, 6) is 0.487. The Morgan fingerprint density at radius 2 is 1.88 bits per heavy atom. The molecule has 32 heavy (non-hydrogen) atoms. The number of benzene rings is 3. The molecule has 5 rings (SSSR count). The molecule has 4 aromatic rings. The highest BCUT2D eigenvalue weighted by molar-refractivity contribution is 9.10. The lowest BCUT2D eigenvalue weighted by Crippen LogP contribution is -2.25. The standard InChI is InChI=1S/C24H17BrN4O2S/c25-19-9-5-4-6-17(19)13-26-29-21(15-32-24(29)27-18-7-2-1-3-8-18)16-10-11-22-20(12-16)28-23(30)14-31-22/h1-13,15H,14H2,(H,28,30). The average Bonchev–Trinajstić information content (AvgIpc) is 3.21. The lowest BCUT2D eigenvalue weighted by Gasteiger charge is -2.18. The fraction of sp³-hybridized carbons (Fsp3) is 0.0417. The van der Waals surface area contributed by atoms with Crippen molar-refractivity contribution in [3.63, 3.8) is 0 Å². The molecule has 0 bridgehead atoms. The Kier molecular flexibility index (Phi) is 5.70. The molecule has 1 N–H and O–H groups in total. The van der Waals surface area contributed by atoms with Crippen molar-refractivity contribution in [1.29, 1.82) is 0 Å². The summed E-state index contributed by atoms with van der Waals surface area (Å²) in [6.45, 7) is 0.0289. The first-order valence-electron chi connectivity index (χ1n) is 9.84. The van der Waals surface area contributed by atoms with E-state index in [1.807, 2.05) is 82.9 Å². The normalized spacial score (nSPS) is 13.7. The number of rotatable bonds is 4. The molecule has 8 heteroatoms. The van der Waals surface area contributed by atoms with E-state index in [2.05, 4.69) is 21.2 Å². The van der Waals surface area contributed by atoms with Gasteiger partial charge in [0, 0.05) is 21.0 Å². The Hall–Kier alpha value is -3.49. The molecule has 1 aliphatic rings. The van der Waals surface area contributed by atoms with E-state index in [1.54, 1.807) is 6.21 Å². The zero-order chi connectivity index (χ0) is 21.9. The van der Waals surface area contributed by atoms with Crippen molar-refractivity contribution in [3.8, 4) is 17.0 Å². The summed E-state index contributed by atoms with van der Waals surface area (Å²) in [6.07, 6.45) is 1.80. The molecule has 1 aromatic heterocycles. The van der Waals surface area contributed by atoms with Gasteiger partial charge in [0.2, 0.25) is 4.80 Å². The Bertz CT molecular complexity index is 1390. The highest BCUT2D eigenvalue weighted by Crippen LogP contribution is 2.33. The first-order chi connectivity index (χ1) is 15.7. The number of nitrogens with zero attached hydrogens (tertiary/aromatic N) is 3. The Labute approximate surface area is 196 Å². The third kappa shape index (κ3) is 4.28. The van der Waals surface area contributed by atoms with Gasteiger partial charge < -0.3 is 10.1 Å². The molecule has 158 valence electrons. The van der Waals surface area contributed by atoms with Crippen molar-refractivity contribution in [2.75, 3.05) is 11.9 Å². The Balaban J connectivity index is 1.63. The summed E-state index contributed by atoms with van der Waals surface area (Å²) in [5, 5.41) is 9.63. The fourth-order valence-electron chi connectivity index (χ4n) is 3.24. The highest BCUT2D eigenvalue weighted by atomic mass is 79.9. The third-order valence-corrected chi connectivity index (χ3v) is 6.33. The summed E-state index contributed by atoms with van der Waals surface area (Å²) in [6, 6.07) is 23.4. The van der Waals surface area contributed by atoms with Gasteiger partial charge in [0.15, 0.2) is 6.61 Å². The monoisotopic (exact) mass is 504 g/mol. The second kappa shape index (κ2) is 8.94. The maximum Gasteiger partial charge on any atom is 0.262 e. The number of hydrogen-bond donors (Lipinski definition) is 1. The number of para-hydroxylation sites is 1. The van der Waals surface area contributed by atoms with Crippen molar-refractivity contribution >= 4 is 50.8 Å². The predicted octanol–water partition coefficient (Wildman–Crippen LogP) is 5.42. The van der Waals surface area contributed by atoms with Gasteiger partial charge in [0.1, 0.15) is 5.75 Å². The van der Waals surface area contributed by atoms with Crippen LogP contribution in [0, 0.1) is 0 Å². The van der Waals surface area contributed by atoms with Crippen LogP contribution in [0.3, 0.4) is 0 Å². The first-order valence-corrected chi connectivity index (χ1v) is 11.5. The van der Waals surface area contributed by atoms with Crippen LogP contribution in [0.5, 0.6) is 5.75 Å². The van der Waals surface area contributed by atoms with E-state index in [4.69, 9.17) is 14.8 Å². The van der Waals surface area contributed by atoms with Crippen molar-refractivity contribution in [2.45, 2.75) is 0 Å². The minimum absolute atomic E-state index is 0.0289. The maximum atomic E-state index is 11.8. The van der Waals surface area contributed by atoms with Gasteiger partial charge in [-0.3, -0.25) is 4.79 Å². The van der Waals surface area contributed by atoms with Crippen LogP contribution >= 0.6 is 27.3 Å². The molecule has 0 aliphatic carbocycles. The van der Waals surface area contributed by atoms with Gasteiger partial charge in [0.25, 0.3) is 5.91 Å². The molecular weight excluding hydrogens is 488 g/mol. The number of carbonyl (C=O) groups excluding carboxylic acids is 1. The van der Waals surface area contributed by atoms with E-state index >= 15 is 0 Å². The molecule has 0 saturated heterocycles. The second-order valence-electron chi connectivity index (χ2n) is 6.98. The first kappa shape index (κ1) is 20.4. The zero-order valence-corrected chi connectivity index (χ0v) is 19.1. The molecule has 0 fully saturated rings. The van der Waals surface area contributed by atoms with Crippen LogP contribution in [-0.2, 0) is 4.79 Å². The summed E-state index contributed by atoms with van der Waals surface area (Å²) in [7, 11) is 0.